The third-order valence-electron chi connectivity index (χ3n) is 4.66. The van der Waals surface area contributed by atoms with E-state index in [1.54, 1.807) is 6.07 Å². The fourth-order valence-electron chi connectivity index (χ4n) is 3.34. The Bertz CT molecular complexity index is 821. The highest BCUT2D eigenvalue weighted by molar-refractivity contribution is 7.89. The Morgan fingerprint density at radius 3 is 2.67 bits per heavy atom. The molecule has 0 N–H and O–H groups in total. The van der Waals surface area contributed by atoms with Gasteiger partial charge in [0.1, 0.15) is 11.2 Å². The zero-order valence-electron chi connectivity index (χ0n) is 13.5. The molecule has 2 atom stereocenters. The minimum Gasteiger partial charge on any atom is -0.303 e. The summed E-state index contributed by atoms with van der Waals surface area (Å²) < 4.78 is 26.9. The monoisotopic (exact) mass is 344 g/mol. The smallest absolute Gasteiger partial charge is 0.244 e. The number of carbonyl (C=O) groups excluding carboxylic acids is 1. The number of aldehydes is 1. The first-order valence-electron chi connectivity index (χ1n) is 7.95. The second-order valence-corrected chi connectivity index (χ2v) is 8.04. The number of piperidine rings is 1. The third-order valence-corrected chi connectivity index (χ3v) is 6.50. The lowest BCUT2D eigenvalue weighted by atomic mass is 9.80. The summed E-state index contributed by atoms with van der Waals surface area (Å²) in [5.41, 5.74) is 2.27. The van der Waals surface area contributed by atoms with Crippen LogP contribution in [0.15, 0.2) is 53.7 Å². The molecule has 2 aromatic rings. The van der Waals surface area contributed by atoms with Gasteiger partial charge in [-0.05, 0) is 42.5 Å². The van der Waals surface area contributed by atoms with E-state index in [1.165, 1.54) is 22.8 Å². The first-order chi connectivity index (χ1) is 11.5. The Balaban J connectivity index is 1.86. The highest BCUT2D eigenvalue weighted by Gasteiger charge is 2.36. The predicted molar refractivity (Wildman–Crippen MR) is 91.1 cm³/mol. The summed E-state index contributed by atoms with van der Waals surface area (Å²) in [7, 11) is -3.61. The first-order valence-corrected chi connectivity index (χ1v) is 9.39. The van der Waals surface area contributed by atoms with Gasteiger partial charge in [0.2, 0.25) is 10.0 Å². The highest BCUT2D eigenvalue weighted by Crippen LogP contribution is 2.35. The molecule has 1 fully saturated rings. The third kappa shape index (κ3) is 3.12. The van der Waals surface area contributed by atoms with Crippen molar-refractivity contribution in [2.24, 2.45) is 5.92 Å². The van der Waals surface area contributed by atoms with Crippen molar-refractivity contribution in [2.75, 3.05) is 13.1 Å². The second kappa shape index (κ2) is 6.83. The van der Waals surface area contributed by atoms with E-state index in [2.05, 4.69) is 4.98 Å². The van der Waals surface area contributed by atoms with Crippen LogP contribution in [0.25, 0.3) is 0 Å². The summed E-state index contributed by atoms with van der Waals surface area (Å²) in [5, 5.41) is 0. The van der Waals surface area contributed by atoms with Gasteiger partial charge in [0, 0.05) is 31.4 Å². The van der Waals surface area contributed by atoms with Crippen LogP contribution < -0.4 is 0 Å². The van der Waals surface area contributed by atoms with Gasteiger partial charge < -0.3 is 4.79 Å². The van der Waals surface area contributed by atoms with Gasteiger partial charge in [-0.1, -0.05) is 24.3 Å². The van der Waals surface area contributed by atoms with Gasteiger partial charge in [0.25, 0.3) is 0 Å². The molecule has 0 saturated carbocycles. The van der Waals surface area contributed by atoms with Gasteiger partial charge in [0.05, 0.1) is 0 Å². The van der Waals surface area contributed by atoms with Crippen LogP contribution in [0, 0.1) is 12.8 Å². The lowest BCUT2D eigenvalue weighted by molar-refractivity contribution is -0.112. The first kappa shape index (κ1) is 16.8. The van der Waals surface area contributed by atoms with E-state index >= 15 is 0 Å². The second-order valence-electron chi connectivity index (χ2n) is 6.10. The molecule has 3 rings (SSSR count). The molecule has 1 aliphatic heterocycles. The molecular weight excluding hydrogens is 324 g/mol. The predicted octanol–water partition coefficient (Wildman–Crippen LogP) is 2.38. The number of aromatic nitrogens is 1. The molecule has 0 aliphatic carbocycles. The molecule has 126 valence electrons. The average Bonchev–Trinajstić information content (AvgIpc) is 2.62. The molecular formula is C18H20N2O3S. The zero-order chi connectivity index (χ0) is 17.2. The summed E-state index contributed by atoms with van der Waals surface area (Å²) in [5.74, 6) is -0.282. The molecule has 1 aliphatic rings. The van der Waals surface area contributed by atoms with Crippen molar-refractivity contribution in [3.05, 3.63) is 59.9 Å². The van der Waals surface area contributed by atoms with Crippen LogP contribution in [-0.4, -0.2) is 37.1 Å². The SMILES string of the molecule is Cc1ccccc1[C@@H]1CCN(S(=O)(=O)c2cccnc2)C[C@H]1C=O. The lowest BCUT2D eigenvalue weighted by Gasteiger charge is -2.36. The number of aryl methyl sites for hydroxylation is 1. The Kier molecular flexibility index (Phi) is 4.78. The molecule has 0 unspecified atom stereocenters. The molecule has 5 nitrogen and oxygen atoms in total. The summed E-state index contributed by atoms with van der Waals surface area (Å²) in [6, 6.07) is 11.1. The Morgan fingerprint density at radius 2 is 2.00 bits per heavy atom. The quantitative estimate of drug-likeness (QED) is 0.799. The standard InChI is InChI=1S/C18H20N2O3S/c1-14-5-2-3-7-17(14)18-8-10-20(12-15(18)13-21)24(22,23)16-6-4-9-19-11-16/h2-7,9,11,13,15,18H,8,10,12H2,1H3/t15-,18+/m0/s1. The van der Waals surface area contributed by atoms with Gasteiger partial charge in [-0.15, -0.1) is 0 Å². The number of hydrogen-bond acceptors (Lipinski definition) is 4. The van der Waals surface area contributed by atoms with Crippen LogP contribution in [0.4, 0.5) is 0 Å². The number of rotatable bonds is 4. The number of nitrogens with zero attached hydrogens (tertiary/aromatic N) is 2. The van der Waals surface area contributed by atoms with E-state index < -0.39 is 10.0 Å². The summed E-state index contributed by atoms with van der Waals surface area (Å²) >= 11 is 0. The van der Waals surface area contributed by atoms with Crippen LogP contribution >= 0.6 is 0 Å². The molecule has 1 aromatic heterocycles. The van der Waals surface area contributed by atoms with Crippen molar-refractivity contribution in [3.63, 3.8) is 0 Å². The van der Waals surface area contributed by atoms with Gasteiger partial charge >= 0.3 is 0 Å². The fraction of sp³-hybridized carbons (Fsp3) is 0.333. The largest absolute Gasteiger partial charge is 0.303 e. The van der Waals surface area contributed by atoms with E-state index in [-0.39, 0.29) is 23.3 Å². The van der Waals surface area contributed by atoms with Gasteiger partial charge in [-0.2, -0.15) is 4.31 Å². The molecule has 0 bridgehead atoms. The molecule has 0 amide bonds. The minimum atomic E-state index is -3.61. The maximum absolute atomic E-state index is 12.7. The summed E-state index contributed by atoms with van der Waals surface area (Å²) in [6.07, 6.45) is 4.41. The maximum Gasteiger partial charge on any atom is 0.244 e. The molecule has 1 aromatic carbocycles. The molecule has 24 heavy (non-hydrogen) atoms. The highest BCUT2D eigenvalue weighted by atomic mass is 32.2. The van der Waals surface area contributed by atoms with Crippen molar-refractivity contribution < 1.29 is 13.2 Å². The summed E-state index contributed by atoms with van der Waals surface area (Å²) in [6.45, 7) is 2.64. The molecule has 6 heteroatoms. The average molecular weight is 344 g/mol. The topological polar surface area (TPSA) is 67.3 Å². The van der Waals surface area contributed by atoms with E-state index in [9.17, 15) is 13.2 Å². The van der Waals surface area contributed by atoms with E-state index in [0.717, 1.165) is 17.4 Å². The van der Waals surface area contributed by atoms with Crippen molar-refractivity contribution in [3.8, 4) is 0 Å². The summed E-state index contributed by atoms with van der Waals surface area (Å²) in [4.78, 5) is 15.7. The number of sulfonamides is 1. The normalized spacial score (nSPS) is 22.2. The number of benzene rings is 1. The van der Waals surface area contributed by atoms with Crippen LogP contribution in [0.3, 0.4) is 0 Å². The van der Waals surface area contributed by atoms with Gasteiger partial charge in [-0.3, -0.25) is 4.98 Å². The number of pyridine rings is 1. The van der Waals surface area contributed by atoms with E-state index in [4.69, 9.17) is 0 Å². The van der Waals surface area contributed by atoms with Crippen LogP contribution in [0.5, 0.6) is 0 Å². The van der Waals surface area contributed by atoms with Crippen molar-refractivity contribution in [2.45, 2.75) is 24.2 Å². The maximum atomic E-state index is 12.7. The zero-order valence-corrected chi connectivity index (χ0v) is 14.3. The van der Waals surface area contributed by atoms with Crippen LogP contribution in [0.1, 0.15) is 23.5 Å². The minimum absolute atomic E-state index is 0.0593. The van der Waals surface area contributed by atoms with Crippen molar-refractivity contribution in [1.29, 1.82) is 0 Å². The van der Waals surface area contributed by atoms with Crippen LogP contribution in [-0.2, 0) is 14.8 Å². The number of hydrogen-bond donors (Lipinski definition) is 0. The Hall–Kier alpha value is -2.05. The van der Waals surface area contributed by atoms with Gasteiger partial charge in [0.15, 0.2) is 0 Å². The molecule has 2 heterocycles. The van der Waals surface area contributed by atoms with E-state index in [0.29, 0.717) is 13.0 Å². The molecule has 0 radical (unpaired) electrons. The van der Waals surface area contributed by atoms with E-state index in [1.807, 2.05) is 31.2 Å². The Labute approximate surface area is 142 Å². The number of carbonyl (C=O) groups is 1. The molecule has 1 saturated heterocycles. The Morgan fingerprint density at radius 1 is 1.21 bits per heavy atom. The lowest BCUT2D eigenvalue weighted by Crippen LogP contribution is -2.43. The van der Waals surface area contributed by atoms with Crippen LogP contribution in [0.2, 0.25) is 0 Å². The van der Waals surface area contributed by atoms with Gasteiger partial charge in [-0.25, -0.2) is 8.42 Å². The fourth-order valence-corrected chi connectivity index (χ4v) is 4.80. The molecule has 0 spiro atoms. The van der Waals surface area contributed by atoms with Crippen molar-refractivity contribution >= 4 is 16.3 Å². The van der Waals surface area contributed by atoms with Crippen molar-refractivity contribution in [1.82, 2.24) is 9.29 Å².